The van der Waals surface area contributed by atoms with Crippen molar-refractivity contribution in [1.82, 2.24) is 0 Å². The average Bonchev–Trinajstić information content (AvgIpc) is 2.77. The molecule has 104 valence electrons. The Morgan fingerprint density at radius 2 is 1.74 bits per heavy atom. The lowest BCUT2D eigenvalue weighted by Gasteiger charge is -2.30. The summed E-state index contributed by atoms with van der Waals surface area (Å²) in [6.07, 6.45) is 0. The molecule has 0 unspecified atom stereocenters. The van der Waals surface area contributed by atoms with Gasteiger partial charge in [-0.2, -0.15) is 0 Å². The molecule has 0 radical (unpaired) electrons. The van der Waals surface area contributed by atoms with E-state index in [1.165, 1.54) is 0 Å². The van der Waals surface area contributed by atoms with Gasteiger partial charge in [0.25, 0.3) is 0 Å². The number of Topliss-reactive ketones (excluding diaryl/α,β-unsaturated/α-hetero) is 1. The molecular weight excluding hydrogens is 280 g/mol. The van der Waals surface area contributed by atoms with E-state index >= 15 is 0 Å². The molecule has 1 heterocycles. The van der Waals surface area contributed by atoms with Gasteiger partial charge in [-0.3, -0.25) is 4.79 Å². The number of ketones is 1. The Kier molecular flexibility index (Phi) is 3.92. The number of alkyl halides is 1. The van der Waals surface area contributed by atoms with Crippen LogP contribution in [-0.4, -0.2) is 20.2 Å². The summed E-state index contributed by atoms with van der Waals surface area (Å²) in [5.41, 5.74) is 1.26. The van der Waals surface area contributed by atoms with Gasteiger partial charge in [0.1, 0.15) is 11.5 Å². The Morgan fingerprint density at radius 1 is 1.16 bits per heavy atom. The Bertz CT molecular complexity index is 491. The smallest absolute Gasteiger partial charge is 0.465 e. The highest BCUT2D eigenvalue weighted by Crippen LogP contribution is 2.46. The molecule has 0 saturated carbocycles. The minimum Gasteiger partial charge on any atom is -0.508 e. The molecule has 0 aliphatic carbocycles. The number of hydrogen-bond acceptors (Lipinski definition) is 3. The Morgan fingerprint density at radius 3 is 2.26 bits per heavy atom. The van der Waals surface area contributed by atoms with Crippen molar-refractivity contribution >= 4 is 25.9 Å². The lowest BCUT2D eigenvalue weighted by molar-refractivity contribution is 0.102. The van der Waals surface area contributed by atoms with Gasteiger partial charge < -0.3 is 8.85 Å². The number of benzene rings is 1. The highest BCUT2D eigenvalue weighted by atomic mass is 35.5. The minimum absolute atomic E-state index is 0.0173. The number of rotatable bonds is 4. The van der Waals surface area contributed by atoms with E-state index in [2.05, 4.69) is 27.7 Å². The van der Waals surface area contributed by atoms with Crippen LogP contribution < -0.4 is 8.85 Å². The predicted molar refractivity (Wildman–Crippen MR) is 78.7 cm³/mol. The fraction of sp³-hybridized carbons (Fsp3) is 0.500. The van der Waals surface area contributed by atoms with Crippen molar-refractivity contribution in [3.05, 3.63) is 23.8 Å². The molecule has 0 fully saturated rings. The van der Waals surface area contributed by atoms with E-state index in [-0.39, 0.29) is 11.7 Å². The fourth-order valence-corrected chi connectivity index (χ4v) is 5.91. The summed E-state index contributed by atoms with van der Waals surface area (Å²) in [4.78, 5) is 11.6. The second-order valence-electron chi connectivity index (χ2n) is 5.45. The first-order valence-electron chi connectivity index (χ1n) is 6.52. The first-order valence-corrected chi connectivity index (χ1v) is 9.02. The summed E-state index contributed by atoms with van der Waals surface area (Å²) in [6.45, 7) is 8.51. The third kappa shape index (κ3) is 2.39. The number of hydrogen-bond donors (Lipinski definition) is 0. The van der Waals surface area contributed by atoms with Gasteiger partial charge in [0.2, 0.25) is 0 Å². The maximum absolute atomic E-state index is 11.6. The molecule has 0 amide bonds. The van der Waals surface area contributed by atoms with E-state index < -0.39 is 8.56 Å². The molecule has 0 aromatic heterocycles. The van der Waals surface area contributed by atoms with Crippen molar-refractivity contribution in [3.8, 4) is 11.5 Å². The molecule has 0 N–H and O–H groups in total. The molecule has 1 aromatic rings. The zero-order valence-corrected chi connectivity index (χ0v) is 13.5. The van der Waals surface area contributed by atoms with Gasteiger partial charge in [-0.15, -0.1) is 11.6 Å². The fourth-order valence-electron chi connectivity index (χ4n) is 2.43. The van der Waals surface area contributed by atoms with Crippen molar-refractivity contribution in [2.75, 3.05) is 5.88 Å². The lowest BCUT2D eigenvalue weighted by atomic mass is 10.1. The zero-order chi connectivity index (χ0) is 14.2. The molecule has 2 rings (SSSR count). The number of fused-ring (bicyclic) bond motifs is 1. The highest BCUT2D eigenvalue weighted by molar-refractivity contribution is 6.72. The molecule has 5 heteroatoms. The molecule has 1 aliphatic heterocycles. The van der Waals surface area contributed by atoms with Gasteiger partial charge >= 0.3 is 8.56 Å². The third-order valence-corrected chi connectivity index (χ3v) is 8.08. The van der Waals surface area contributed by atoms with Gasteiger partial charge in [0.15, 0.2) is 5.78 Å². The molecule has 1 aromatic carbocycles. The van der Waals surface area contributed by atoms with Crippen LogP contribution in [0.4, 0.5) is 0 Å². The minimum atomic E-state index is -2.30. The Labute approximate surface area is 120 Å². The highest BCUT2D eigenvalue weighted by Gasteiger charge is 2.53. The van der Waals surface area contributed by atoms with Crippen molar-refractivity contribution in [3.63, 3.8) is 0 Å². The maximum Gasteiger partial charge on any atom is 0.465 e. The normalized spacial score (nSPS) is 16.2. The van der Waals surface area contributed by atoms with E-state index in [4.69, 9.17) is 20.5 Å². The van der Waals surface area contributed by atoms with Crippen molar-refractivity contribution in [2.24, 2.45) is 0 Å². The van der Waals surface area contributed by atoms with Crippen LogP contribution in [-0.2, 0) is 0 Å². The van der Waals surface area contributed by atoms with Gasteiger partial charge in [-0.05, 0) is 18.2 Å². The molecule has 0 atom stereocenters. The number of carbonyl (C=O) groups is 1. The molecule has 1 aliphatic rings. The van der Waals surface area contributed by atoms with Gasteiger partial charge in [-0.25, -0.2) is 0 Å². The maximum atomic E-state index is 11.6. The van der Waals surface area contributed by atoms with Crippen LogP contribution >= 0.6 is 11.6 Å². The van der Waals surface area contributed by atoms with Crippen LogP contribution in [0.3, 0.4) is 0 Å². The van der Waals surface area contributed by atoms with Crippen LogP contribution in [0, 0.1) is 0 Å². The molecular formula is C14H19ClO3Si. The van der Waals surface area contributed by atoms with E-state index in [0.717, 1.165) is 5.75 Å². The summed E-state index contributed by atoms with van der Waals surface area (Å²) in [6, 6.07) is 5.31. The summed E-state index contributed by atoms with van der Waals surface area (Å²) >= 11 is 5.58. The Balaban J connectivity index is 2.36. The molecule has 0 spiro atoms. The van der Waals surface area contributed by atoms with E-state index in [1.807, 2.05) is 6.07 Å². The van der Waals surface area contributed by atoms with Crippen molar-refractivity contribution in [2.45, 2.75) is 38.8 Å². The van der Waals surface area contributed by atoms with Gasteiger partial charge in [-0.1, -0.05) is 27.7 Å². The van der Waals surface area contributed by atoms with E-state index in [9.17, 15) is 4.79 Å². The summed E-state index contributed by atoms with van der Waals surface area (Å²) in [5.74, 6) is 1.32. The number of carbonyl (C=O) groups excluding carboxylic acids is 1. The van der Waals surface area contributed by atoms with Crippen molar-refractivity contribution in [1.29, 1.82) is 0 Å². The van der Waals surface area contributed by atoms with Crippen LogP contribution in [0.1, 0.15) is 38.1 Å². The first-order chi connectivity index (χ1) is 8.90. The largest absolute Gasteiger partial charge is 0.508 e. The Hall–Kier alpha value is -1.00. The number of halogens is 1. The quantitative estimate of drug-likeness (QED) is 0.476. The van der Waals surface area contributed by atoms with Crippen LogP contribution in [0.5, 0.6) is 11.5 Å². The standard InChI is InChI=1S/C14H19ClO3Si/c1-9(2)19(10(3)4)17-13-6-5-11(12(16)8-15)7-14(13)18-19/h5-7,9-10H,8H2,1-4H3. The third-order valence-electron chi connectivity index (χ3n) is 3.54. The van der Waals surface area contributed by atoms with Gasteiger partial charge in [0, 0.05) is 16.6 Å². The summed E-state index contributed by atoms with van der Waals surface area (Å²) in [5, 5.41) is 0. The predicted octanol–water partition coefficient (Wildman–Crippen LogP) is 4.14. The van der Waals surface area contributed by atoms with Gasteiger partial charge in [0.05, 0.1) is 5.88 Å². The molecule has 3 nitrogen and oxygen atoms in total. The van der Waals surface area contributed by atoms with E-state index in [0.29, 0.717) is 22.4 Å². The average molecular weight is 299 g/mol. The summed E-state index contributed by atoms with van der Waals surface area (Å²) < 4.78 is 12.3. The monoisotopic (exact) mass is 298 g/mol. The van der Waals surface area contributed by atoms with Crippen molar-refractivity contribution < 1.29 is 13.6 Å². The van der Waals surface area contributed by atoms with E-state index in [1.54, 1.807) is 12.1 Å². The van der Waals surface area contributed by atoms with Crippen LogP contribution in [0.2, 0.25) is 11.1 Å². The molecule has 0 saturated heterocycles. The first kappa shape index (κ1) is 14.4. The molecule has 19 heavy (non-hydrogen) atoms. The van der Waals surface area contributed by atoms with Crippen LogP contribution in [0.15, 0.2) is 18.2 Å². The summed E-state index contributed by atoms with van der Waals surface area (Å²) in [7, 11) is -2.30. The second kappa shape index (κ2) is 5.17. The topological polar surface area (TPSA) is 35.5 Å². The second-order valence-corrected chi connectivity index (χ2v) is 9.88. The molecule has 0 bridgehead atoms. The zero-order valence-electron chi connectivity index (χ0n) is 11.7. The lowest BCUT2D eigenvalue weighted by Crippen LogP contribution is -2.50. The van der Waals surface area contributed by atoms with Crippen LogP contribution in [0.25, 0.3) is 0 Å². The SMILES string of the molecule is CC(C)[Si]1(C(C)C)Oc2ccc(C(=O)CCl)cc2O1.